The second-order valence-electron chi connectivity index (χ2n) is 2.02. The van der Waals surface area contributed by atoms with Gasteiger partial charge in [-0.05, 0) is 11.0 Å². The molecule has 0 spiro atoms. The average Bonchev–Trinajstić information content (AvgIpc) is 1.96. The quantitative estimate of drug-likeness (QED) is 0.430. The van der Waals surface area contributed by atoms with Crippen LogP contribution in [0.5, 0.6) is 0 Å². The Morgan fingerprint density at radius 3 is 2.64 bits per heavy atom. The lowest BCUT2D eigenvalue weighted by Crippen LogP contribution is -2.03. The van der Waals surface area contributed by atoms with Crippen LogP contribution in [0, 0.1) is 0 Å². The Bertz CT molecular complexity index is 107. The van der Waals surface area contributed by atoms with Gasteiger partial charge in [0.1, 0.15) is 6.61 Å². The number of unbranched alkanes of at least 4 members (excludes halogenated alkanes) is 1. The van der Waals surface area contributed by atoms with Gasteiger partial charge in [-0.3, -0.25) is 0 Å². The summed E-state index contributed by atoms with van der Waals surface area (Å²) in [5, 5.41) is 0. The Kier molecular flexibility index (Phi) is 8.07. The molecule has 0 aliphatic rings. The van der Waals surface area contributed by atoms with Crippen molar-refractivity contribution in [3.63, 3.8) is 0 Å². The zero-order chi connectivity index (χ0) is 8.53. The van der Waals surface area contributed by atoms with E-state index in [0.29, 0.717) is 13.2 Å². The summed E-state index contributed by atoms with van der Waals surface area (Å²) in [6.07, 6.45) is 2.08. The minimum Gasteiger partial charge on any atom is -0.566 e. The fraction of sp³-hybridized carbons (Fsp3) is 1.00. The van der Waals surface area contributed by atoms with E-state index in [2.05, 4.69) is 11.4 Å². The predicted molar refractivity (Wildman–Crippen MR) is 39.3 cm³/mol. The normalized spacial score (nSPS) is 11.6. The highest BCUT2D eigenvalue weighted by atomic mass is 31.1. The molecule has 0 heterocycles. The van der Waals surface area contributed by atoms with Gasteiger partial charge >= 0.3 is 8.25 Å². The van der Waals surface area contributed by atoms with Crippen LogP contribution in [0.15, 0.2) is 0 Å². The maximum atomic E-state index is 9.85. The van der Waals surface area contributed by atoms with Crippen LogP contribution < -0.4 is 4.89 Å². The number of ether oxygens (including phenoxy) is 1. The number of hydrogen-bond acceptors (Lipinski definition) is 4. The lowest BCUT2D eigenvalue weighted by molar-refractivity contribution is -0.186. The molecule has 0 aliphatic carbocycles. The Morgan fingerprint density at radius 2 is 2.09 bits per heavy atom. The zero-order valence-electron chi connectivity index (χ0n) is 6.62. The summed E-state index contributed by atoms with van der Waals surface area (Å²) in [6.45, 7) is 3.22. The fourth-order valence-electron chi connectivity index (χ4n) is 0.519. The molecule has 5 heteroatoms. The lowest BCUT2D eigenvalue weighted by atomic mass is 10.4. The van der Waals surface area contributed by atoms with Gasteiger partial charge in [0.25, 0.3) is 0 Å². The second-order valence-corrected chi connectivity index (χ2v) is 2.73. The van der Waals surface area contributed by atoms with Crippen molar-refractivity contribution in [3.05, 3.63) is 0 Å². The summed E-state index contributed by atoms with van der Waals surface area (Å²) in [6, 6.07) is 0. The summed E-state index contributed by atoms with van der Waals surface area (Å²) in [4.78, 5) is 9.85. The molecule has 0 radical (unpaired) electrons. The Labute approximate surface area is 67.5 Å². The average molecular weight is 180 g/mol. The molecule has 0 fully saturated rings. The molecule has 0 aromatic rings. The van der Waals surface area contributed by atoms with Gasteiger partial charge in [0, 0.05) is 6.61 Å². The molecule has 11 heavy (non-hydrogen) atoms. The largest absolute Gasteiger partial charge is 0.566 e. The smallest absolute Gasteiger partial charge is 0.488 e. The molecule has 0 saturated carbocycles. The van der Waals surface area contributed by atoms with Gasteiger partial charge in [-0.2, -0.15) is 0 Å². The highest BCUT2D eigenvalue weighted by Crippen LogP contribution is 2.06. The van der Waals surface area contributed by atoms with Crippen molar-refractivity contribution >= 4 is 8.25 Å². The van der Waals surface area contributed by atoms with Crippen LogP contribution in [-0.4, -0.2) is 19.8 Å². The van der Waals surface area contributed by atoms with Gasteiger partial charge in [0.2, 0.25) is 0 Å². The van der Waals surface area contributed by atoms with Crippen molar-refractivity contribution in [2.45, 2.75) is 19.8 Å². The molecule has 0 aromatic carbocycles. The van der Waals surface area contributed by atoms with E-state index in [0.717, 1.165) is 12.8 Å². The minimum absolute atomic E-state index is 0.127. The first-order valence-electron chi connectivity index (χ1n) is 3.62. The maximum absolute atomic E-state index is 9.85. The third-order valence-electron chi connectivity index (χ3n) is 1.07. The summed E-state index contributed by atoms with van der Waals surface area (Å²) < 4.78 is 19.1. The molecule has 0 rings (SSSR count). The Hall–Kier alpha value is -0.0200. The number of hydrogen-bond donors (Lipinski definition) is 0. The summed E-state index contributed by atoms with van der Waals surface area (Å²) in [5.74, 6) is 0. The highest BCUT2D eigenvalue weighted by Gasteiger charge is 1.98. The van der Waals surface area contributed by atoms with E-state index in [1.807, 2.05) is 0 Å². The van der Waals surface area contributed by atoms with E-state index in [1.54, 1.807) is 0 Å². The van der Waals surface area contributed by atoms with Gasteiger partial charge in [-0.1, -0.05) is 13.3 Å². The summed E-state index contributed by atoms with van der Waals surface area (Å²) >= 11 is 0. The van der Waals surface area contributed by atoms with Crippen LogP contribution in [-0.2, 0) is 13.8 Å². The first-order valence-corrected chi connectivity index (χ1v) is 4.72. The SMILES string of the molecule is CCCCOCCO[P+](=O)[O-]. The molecule has 0 aliphatic heterocycles. The van der Waals surface area contributed by atoms with Gasteiger partial charge < -0.3 is 9.63 Å². The third-order valence-corrected chi connectivity index (χ3v) is 1.46. The van der Waals surface area contributed by atoms with Crippen LogP contribution in [0.4, 0.5) is 0 Å². The molecule has 0 N–H and O–H groups in total. The van der Waals surface area contributed by atoms with Crippen LogP contribution >= 0.6 is 8.25 Å². The van der Waals surface area contributed by atoms with E-state index < -0.39 is 8.25 Å². The zero-order valence-corrected chi connectivity index (χ0v) is 7.51. The number of rotatable bonds is 7. The van der Waals surface area contributed by atoms with Crippen molar-refractivity contribution in [1.82, 2.24) is 0 Å². The Balaban J connectivity index is 2.85. The molecular weight excluding hydrogens is 167 g/mol. The molecule has 0 amide bonds. The van der Waals surface area contributed by atoms with Crippen molar-refractivity contribution in [2.75, 3.05) is 19.8 Å². The fourth-order valence-corrected chi connectivity index (χ4v) is 0.743. The van der Waals surface area contributed by atoms with Gasteiger partial charge in [0.15, 0.2) is 0 Å². The van der Waals surface area contributed by atoms with Crippen molar-refractivity contribution < 1.29 is 18.7 Å². The molecule has 1 atom stereocenters. The molecule has 0 aromatic heterocycles. The molecule has 4 nitrogen and oxygen atoms in total. The maximum Gasteiger partial charge on any atom is 0.488 e. The first kappa shape index (κ1) is 11.0. The summed E-state index contributed by atoms with van der Waals surface area (Å²) in [5.41, 5.74) is 0. The monoisotopic (exact) mass is 180 g/mol. The van der Waals surface area contributed by atoms with E-state index in [9.17, 15) is 9.46 Å². The molecule has 0 bridgehead atoms. The van der Waals surface area contributed by atoms with Crippen molar-refractivity contribution in [1.29, 1.82) is 0 Å². The third kappa shape index (κ3) is 9.98. The van der Waals surface area contributed by atoms with E-state index in [-0.39, 0.29) is 6.61 Å². The van der Waals surface area contributed by atoms with Crippen molar-refractivity contribution in [3.8, 4) is 0 Å². The summed E-state index contributed by atoms with van der Waals surface area (Å²) in [7, 11) is -2.70. The van der Waals surface area contributed by atoms with Gasteiger partial charge in [-0.25, -0.2) is 0 Å². The molecule has 66 valence electrons. The molecule has 1 unspecified atom stereocenters. The van der Waals surface area contributed by atoms with Crippen LogP contribution in [0.3, 0.4) is 0 Å². The standard InChI is InChI=1S/C6H13O4P/c1-2-3-4-9-5-6-10-11(7)8/h2-6H2,1H3. The van der Waals surface area contributed by atoms with Crippen molar-refractivity contribution in [2.24, 2.45) is 0 Å². The van der Waals surface area contributed by atoms with E-state index in [1.165, 1.54) is 0 Å². The molecule has 0 saturated heterocycles. The van der Waals surface area contributed by atoms with Crippen LogP contribution in [0.2, 0.25) is 0 Å². The van der Waals surface area contributed by atoms with Crippen LogP contribution in [0.1, 0.15) is 19.8 Å². The second kappa shape index (κ2) is 8.08. The topological polar surface area (TPSA) is 58.6 Å². The highest BCUT2D eigenvalue weighted by molar-refractivity contribution is 7.30. The van der Waals surface area contributed by atoms with E-state index in [4.69, 9.17) is 4.74 Å². The molecular formula is C6H13O4P. The Morgan fingerprint density at radius 1 is 1.36 bits per heavy atom. The predicted octanol–water partition coefficient (Wildman–Crippen LogP) is 0.837. The van der Waals surface area contributed by atoms with Crippen LogP contribution in [0.25, 0.3) is 0 Å². The lowest BCUT2D eigenvalue weighted by Gasteiger charge is -1.98. The minimum atomic E-state index is -2.70. The van der Waals surface area contributed by atoms with E-state index >= 15 is 0 Å². The van der Waals surface area contributed by atoms with Gasteiger partial charge in [0.05, 0.1) is 6.61 Å². The first-order chi connectivity index (χ1) is 5.27. The van der Waals surface area contributed by atoms with Gasteiger partial charge in [-0.15, -0.1) is 4.52 Å².